The van der Waals surface area contributed by atoms with E-state index in [-0.39, 0.29) is 14.6 Å². The van der Waals surface area contributed by atoms with Crippen molar-refractivity contribution in [3.63, 3.8) is 0 Å². The van der Waals surface area contributed by atoms with Gasteiger partial charge in [0.25, 0.3) is 0 Å². The Morgan fingerprint density at radius 3 is 2.71 bits per heavy atom. The molecular formula is C6H11N2O4PS. The summed E-state index contributed by atoms with van der Waals surface area (Å²) < 4.78 is 20.7. The second-order valence-corrected chi connectivity index (χ2v) is 4.52. The van der Waals surface area contributed by atoms with Crippen LogP contribution in [0.15, 0.2) is 0 Å². The lowest BCUT2D eigenvalue weighted by atomic mass is 10.6. The van der Waals surface area contributed by atoms with Gasteiger partial charge in [0.2, 0.25) is 0 Å². The second-order valence-electron chi connectivity index (χ2n) is 2.25. The van der Waals surface area contributed by atoms with E-state index in [1.165, 1.54) is 6.92 Å². The zero-order chi connectivity index (χ0) is 11.0. The summed E-state index contributed by atoms with van der Waals surface area (Å²) in [6, 6.07) is 1.92. The third-order valence-corrected chi connectivity index (χ3v) is 2.84. The largest absolute Gasteiger partial charge is 0.364 e. The van der Waals surface area contributed by atoms with Gasteiger partial charge in [0, 0.05) is 13.3 Å². The third-order valence-electron chi connectivity index (χ3n) is 1.01. The Morgan fingerprint density at radius 2 is 2.29 bits per heavy atom. The molecule has 1 atom stereocenters. The number of hydrogen-bond donors (Lipinski definition) is 1. The standard InChI is InChI=1S/C6H11N2O4PS/c1-6(9)12-8(5-14(10)11)13-4-2-3-7/h13-14H,2,4-5H2,1H3. The Morgan fingerprint density at radius 1 is 1.64 bits per heavy atom. The van der Waals surface area contributed by atoms with E-state index in [4.69, 9.17) is 5.26 Å². The van der Waals surface area contributed by atoms with Crippen LogP contribution in [0.25, 0.3) is 0 Å². The van der Waals surface area contributed by atoms with E-state index in [1.54, 1.807) is 0 Å². The minimum Gasteiger partial charge on any atom is -0.364 e. The highest BCUT2D eigenvalue weighted by atomic mass is 32.2. The van der Waals surface area contributed by atoms with Gasteiger partial charge in [0.15, 0.2) is 10.7 Å². The minimum atomic E-state index is -2.62. The molecule has 8 heteroatoms. The van der Waals surface area contributed by atoms with Crippen molar-refractivity contribution >= 4 is 25.4 Å². The first-order chi connectivity index (χ1) is 6.56. The molecule has 0 saturated heterocycles. The van der Waals surface area contributed by atoms with Crippen molar-refractivity contribution in [2.45, 2.75) is 13.3 Å². The van der Waals surface area contributed by atoms with Crippen molar-refractivity contribution in [2.75, 3.05) is 12.0 Å². The Hall–Kier alpha value is -0.700. The minimum absolute atomic E-state index is 0.000278. The van der Waals surface area contributed by atoms with Crippen LogP contribution in [0.4, 0.5) is 0 Å². The average Bonchev–Trinajstić information content (AvgIpc) is 2.02. The highest BCUT2D eigenvalue weighted by molar-refractivity contribution is 7.72. The molecule has 0 fully saturated rings. The van der Waals surface area contributed by atoms with Gasteiger partial charge in [-0.1, -0.05) is 0 Å². The lowest BCUT2D eigenvalue weighted by Gasteiger charge is -2.16. The maximum Gasteiger partial charge on any atom is 0.322 e. The molecular weight excluding hydrogens is 227 g/mol. The molecule has 0 aliphatic heterocycles. The number of rotatable bonds is 6. The van der Waals surface area contributed by atoms with Gasteiger partial charge in [-0.2, -0.15) is 5.26 Å². The summed E-state index contributed by atoms with van der Waals surface area (Å²) in [6.07, 6.45) is 0.804. The molecule has 0 rings (SSSR count). The van der Waals surface area contributed by atoms with Crippen LogP contribution in [0, 0.1) is 11.3 Å². The molecule has 1 unspecified atom stereocenters. The fraction of sp³-hybridized carbons (Fsp3) is 0.667. The molecule has 0 aromatic heterocycles. The summed E-state index contributed by atoms with van der Waals surface area (Å²) in [5, 5.41) is 8.25. The van der Waals surface area contributed by atoms with Gasteiger partial charge < -0.3 is 4.84 Å². The SMILES string of the molecule is CC(=O)ON(C[SH](=O)=O)PCCC#N. The van der Waals surface area contributed by atoms with Crippen molar-refractivity contribution in [1.82, 2.24) is 4.83 Å². The number of carbonyl (C=O) groups excluding carboxylic acids is 1. The molecule has 0 aliphatic carbocycles. The summed E-state index contributed by atoms with van der Waals surface area (Å²) in [4.78, 5) is 16.2. The normalized spacial score (nSPS) is 11.0. The Kier molecular flexibility index (Phi) is 7.30. The van der Waals surface area contributed by atoms with Crippen LogP contribution in [0.3, 0.4) is 0 Å². The fourth-order valence-electron chi connectivity index (χ4n) is 0.608. The number of hydroxylamine groups is 1. The average molecular weight is 238 g/mol. The molecule has 14 heavy (non-hydrogen) atoms. The molecule has 0 amide bonds. The number of thiol groups is 1. The van der Waals surface area contributed by atoms with Gasteiger partial charge in [-0.05, 0) is 14.9 Å². The van der Waals surface area contributed by atoms with Gasteiger partial charge in [-0.3, -0.25) is 4.79 Å². The van der Waals surface area contributed by atoms with Gasteiger partial charge >= 0.3 is 5.97 Å². The molecule has 0 heterocycles. The number of hydrogen-bond acceptors (Lipinski definition) is 6. The molecule has 0 saturated carbocycles. The van der Waals surface area contributed by atoms with E-state index in [9.17, 15) is 13.2 Å². The van der Waals surface area contributed by atoms with Crippen LogP contribution in [0.2, 0.25) is 0 Å². The monoisotopic (exact) mass is 238 g/mol. The second kappa shape index (κ2) is 7.68. The lowest BCUT2D eigenvalue weighted by Crippen LogP contribution is -2.20. The van der Waals surface area contributed by atoms with E-state index in [0.717, 1.165) is 4.83 Å². The first kappa shape index (κ1) is 13.3. The summed E-state index contributed by atoms with van der Waals surface area (Å²) in [6.45, 7) is 1.19. The Bertz CT molecular complexity index is 291. The van der Waals surface area contributed by atoms with Crippen molar-refractivity contribution in [1.29, 1.82) is 5.26 Å². The van der Waals surface area contributed by atoms with Crippen LogP contribution in [0.5, 0.6) is 0 Å². The fourth-order valence-corrected chi connectivity index (χ4v) is 2.29. The van der Waals surface area contributed by atoms with Gasteiger partial charge in [0.1, 0.15) is 5.88 Å². The van der Waals surface area contributed by atoms with Gasteiger partial charge in [0.05, 0.1) is 6.07 Å². The van der Waals surface area contributed by atoms with Crippen molar-refractivity contribution < 1.29 is 18.0 Å². The van der Waals surface area contributed by atoms with E-state index >= 15 is 0 Å². The molecule has 0 aromatic rings. The van der Waals surface area contributed by atoms with Crippen LogP contribution >= 0.6 is 8.73 Å². The van der Waals surface area contributed by atoms with Gasteiger partial charge in [-0.25, -0.2) is 8.42 Å². The zero-order valence-electron chi connectivity index (χ0n) is 7.60. The molecule has 0 bridgehead atoms. The summed E-state index contributed by atoms with van der Waals surface area (Å²) >= 11 is 0. The van der Waals surface area contributed by atoms with E-state index < -0.39 is 16.7 Å². The summed E-state index contributed by atoms with van der Waals surface area (Å²) in [7, 11) is -2.62. The maximum atomic E-state index is 10.5. The molecule has 0 spiro atoms. The quantitative estimate of drug-likeness (QED) is 0.299. The predicted molar refractivity (Wildman–Crippen MR) is 52.2 cm³/mol. The van der Waals surface area contributed by atoms with Gasteiger partial charge in [-0.15, -0.1) is 4.83 Å². The molecule has 80 valence electrons. The van der Waals surface area contributed by atoms with Crippen molar-refractivity contribution in [3.8, 4) is 6.07 Å². The number of nitrogens with zero attached hydrogens (tertiary/aromatic N) is 2. The van der Waals surface area contributed by atoms with Crippen LogP contribution in [0.1, 0.15) is 13.3 Å². The lowest BCUT2D eigenvalue weighted by molar-refractivity contribution is -0.163. The van der Waals surface area contributed by atoms with E-state index in [2.05, 4.69) is 4.84 Å². The first-order valence-corrected chi connectivity index (χ1v) is 6.26. The summed E-state index contributed by atoms with van der Waals surface area (Å²) in [5.74, 6) is -0.884. The van der Waals surface area contributed by atoms with Crippen LogP contribution in [-0.4, -0.2) is 31.3 Å². The topological polar surface area (TPSA) is 87.5 Å². The highest BCUT2D eigenvalue weighted by Gasteiger charge is 2.08. The Labute approximate surface area is 85.6 Å². The zero-order valence-corrected chi connectivity index (χ0v) is 9.49. The smallest absolute Gasteiger partial charge is 0.322 e. The van der Waals surface area contributed by atoms with Crippen LogP contribution in [-0.2, 0) is 20.3 Å². The van der Waals surface area contributed by atoms with E-state index in [1.807, 2.05) is 6.07 Å². The predicted octanol–water partition coefficient (Wildman–Crippen LogP) is -0.157. The first-order valence-electron chi connectivity index (χ1n) is 3.74. The summed E-state index contributed by atoms with van der Waals surface area (Å²) in [5.41, 5.74) is 0. The molecule has 0 radical (unpaired) electrons. The highest BCUT2D eigenvalue weighted by Crippen LogP contribution is 2.18. The maximum absolute atomic E-state index is 10.5. The molecule has 0 aromatic carbocycles. The van der Waals surface area contributed by atoms with Crippen molar-refractivity contribution in [3.05, 3.63) is 0 Å². The molecule has 0 N–H and O–H groups in total. The third kappa shape index (κ3) is 7.92. The van der Waals surface area contributed by atoms with Crippen molar-refractivity contribution in [2.24, 2.45) is 0 Å². The Balaban J connectivity index is 3.97. The number of carbonyl (C=O) groups is 1. The molecule has 0 aliphatic rings. The van der Waals surface area contributed by atoms with Crippen LogP contribution < -0.4 is 0 Å². The van der Waals surface area contributed by atoms with E-state index in [0.29, 0.717) is 12.6 Å². The molecule has 6 nitrogen and oxygen atoms in total. The number of nitriles is 1.